The molecular weight excluding hydrogens is 262 g/mol. The Morgan fingerprint density at radius 2 is 1.58 bits per heavy atom. The van der Waals surface area contributed by atoms with Crippen molar-refractivity contribution >= 4 is 10.1 Å². The van der Waals surface area contributed by atoms with Crippen LogP contribution in [0.25, 0.3) is 0 Å². The molecule has 1 aromatic rings. The van der Waals surface area contributed by atoms with Crippen LogP contribution >= 0.6 is 0 Å². The van der Waals surface area contributed by atoms with E-state index in [0.717, 1.165) is 50.4 Å². The van der Waals surface area contributed by atoms with E-state index in [9.17, 15) is 8.42 Å². The van der Waals surface area contributed by atoms with Crippen LogP contribution in [0.2, 0.25) is 0 Å². The fourth-order valence-corrected chi connectivity index (χ4v) is 4.29. The molecule has 3 aliphatic rings. The Bertz CT molecular complexity index is 543. The van der Waals surface area contributed by atoms with Gasteiger partial charge in [0.1, 0.15) is 19.6 Å². The Morgan fingerprint density at radius 1 is 1.05 bits per heavy atom. The molecule has 0 aromatic heterocycles. The van der Waals surface area contributed by atoms with Crippen LogP contribution in [0.15, 0.2) is 29.2 Å². The lowest BCUT2D eigenvalue weighted by atomic mass is 9.88. The van der Waals surface area contributed by atoms with E-state index in [2.05, 4.69) is 0 Å². The third-order valence-electron chi connectivity index (χ3n) is 4.40. The van der Waals surface area contributed by atoms with Crippen molar-refractivity contribution in [3.8, 4) is 0 Å². The first-order valence-corrected chi connectivity index (χ1v) is 8.29. The Morgan fingerprint density at radius 3 is 2.11 bits per heavy atom. The minimum Gasteiger partial charge on any atom is -0.189 e. The molecule has 0 unspecified atom stereocenters. The number of rotatable bonds is 3. The first kappa shape index (κ1) is 13.1. The summed E-state index contributed by atoms with van der Waals surface area (Å²) in [6.07, 6.45) is 3.26. The van der Waals surface area contributed by atoms with Gasteiger partial charge in [-0.05, 0) is 25.0 Å². The van der Waals surface area contributed by atoms with E-state index in [0.29, 0.717) is 4.65 Å². The molecule has 3 aliphatic heterocycles. The Labute approximate surface area is 114 Å². The number of hydrogen-bond acceptors (Lipinski definition) is 3. The van der Waals surface area contributed by atoms with Crippen LogP contribution in [0.4, 0.5) is 0 Å². The molecule has 4 rings (SSSR count). The van der Waals surface area contributed by atoms with E-state index in [1.165, 1.54) is 0 Å². The van der Waals surface area contributed by atoms with E-state index >= 15 is 0 Å². The minimum atomic E-state index is -3.65. The molecule has 3 saturated heterocycles. The quantitative estimate of drug-likeness (QED) is 0.799. The van der Waals surface area contributed by atoms with E-state index in [1.807, 2.05) is 6.92 Å². The molecule has 0 N–H and O–H groups in total. The Kier molecular flexibility index (Phi) is 3.15. The van der Waals surface area contributed by atoms with Gasteiger partial charge in [-0.15, -0.1) is 0 Å². The minimum absolute atomic E-state index is 0.262. The second kappa shape index (κ2) is 4.58. The highest BCUT2D eigenvalue weighted by molar-refractivity contribution is 7.86. The van der Waals surface area contributed by atoms with Crippen LogP contribution in [0.3, 0.4) is 0 Å². The molecule has 0 atom stereocenters. The monoisotopic (exact) mass is 282 g/mol. The molecule has 4 nitrogen and oxygen atoms in total. The van der Waals surface area contributed by atoms with Crippen LogP contribution in [-0.2, 0) is 14.4 Å². The van der Waals surface area contributed by atoms with Crippen molar-refractivity contribution in [3.05, 3.63) is 29.8 Å². The fraction of sp³-hybridized carbons (Fsp3) is 0.571. The molecule has 0 spiro atoms. The lowest BCUT2D eigenvalue weighted by molar-refractivity contribution is -1.09. The predicted molar refractivity (Wildman–Crippen MR) is 71.7 cm³/mol. The van der Waals surface area contributed by atoms with Gasteiger partial charge in [0.05, 0.1) is 4.90 Å². The molecule has 0 saturated carbocycles. The second-order valence-electron chi connectivity index (χ2n) is 5.80. The summed E-state index contributed by atoms with van der Waals surface area (Å²) in [5.74, 6) is 0.783. The third kappa shape index (κ3) is 2.55. The van der Waals surface area contributed by atoms with E-state index in [1.54, 1.807) is 24.3 Å². The van der Waals surface area contributed by atoms with Crippen molar-refractivity contribution in [2.24, 2.45) is 5.92 Å². The maximum Gasteiger partial charge on any atom is 0.342 e. The van der Waals surface area contributed by atoms with Crippen LogP contribution < -0.4 is 0 Å². The smallest absolute Gasteiger partial charge is 0.189 e. The molecule has 0 radical (unpaired) electrons. The lowest BCUT2D eigenvalue weighted by Crippen LogP contribution is -2.58. The zero-order valence-electron chi connectivity index (χ0n) is 11.2. The summed E-state index contributed by atoms with van der Waals surface area (Å²) >= 11 is 0. The number of hydrogen-bond donors (Lipinski definition) is 0. The van der Waals surface area contributed by atoms with Gasteiger partial charge in [0, 0.05) is 19.3 Å². The number of quaternary nitrogens is 1. The van der Waals surface area contributed by atoms with E-state index in [4.69, 9.17) is 4.28 Å². The van der Waals surface area contributed by atoms with Crippen molar-refractivity contribution in [3.63, 3.8) is 0 Å². The summed E-state index contributed by atoms with van der Waals surface area (Å²) in [6.45, 7) is 4.43. The van der Waals surface area contributed by atoms with Gasteiger partial charge in [0.15, 0.2) is 0 Å². The maximum atomic E-state index is 12.4. The first-order chi connectivity index (χ1) is 8.99. The van der Waals surface area contributed by atoms with Crippen molar-refractivity contribution in [1.29, 1.82) is 0 Å². The van der Waals surface area contributed by atoms with Gasteiger partial charge >= 0.3 is 10.1 Å². The van der Waals surface area contributed by atoms with Gasteiger partial charge < -0.3 is 0 Å². The standard InChI is InChI=1S/C14H20NO3S/c1-12-2-4-14(5-3-12)19(16,17)18-15-9-6-13(7-10-15)8-11-15/h2-5,13H,6-11H2,1H3/q+1. The number of benzene rings is 1. The molecule has 3 fully saturated rings. The Balaban J connectivity index is 1.83. The number of fused-ring (bicyclic) bond motifs is 3. The van der Waals surface area contributed by atoms with Crippen LogP contribution in [0, 0.1) is 12.8 Å². The molecule has 2 bridgehead atoms. The van der Waals surface area contributed by atoms with Crippen LogP contribution in [-0.4, -0.2) is 32.7 Å². The van der Waals surface area contributed by atoms with Crippen molar-refractivity contribution < 1.29 is 17.3 Å². The highest BCUT2D eigenvalue weighted by atomic mass is 32.2. The second-order valence-corrected chi connectivity index (χ2v) is 7.33. The molecule has 3 heterocycles. The average Bonchev–Trinajstić information content (AvgIpc) is 2.40. The van der Waals surface area contributed by atoms with Gasteiger partial charge in [-0.3, -0.25) is 0 Å². The van der Waals surface area contributed by atoms with Crippen molar-refractivity contribution in [1.82, 2.24) is 0 Å². The topological polar surface area (TPSA) is 43.4 Å². The summed E-state index contributed by atoms with van der Waals surface area (Å²) in [6, 6.07) is 6.86. The highest BCUT2D eigenvalue weighted by Gasteiger charge is 2.45. The maximum absolute atomic E-state index is 12.4. The lowest BCUT2D eigenvalue weighted by Gasteiger charge is -2.44. The first-order valence-electron chi connectivity index (χ1n) is 6.88. The zero-order valence-corrected chi connectivity index (χ0v) is 12.0. The Hall–Kier alpha value is -0.910. The average molecular weight is 282 g/mol. The molecule has 1 aromatic carbocycles. The van der Waals surface area contributed by atoms with Crippen molar-refractivity contribution in [2.45, 2.75) is 31.1 Å². The summed E-state index contributed by atoms with van der Waals surface area (Å²) in [5, 5.41) is 0. The molecule has 0 amide bonds. The molecular formula is C14H20NO3S+. The van der Waals surface area contributed by atoms with Crippen LogP contribution in [0.1, 0.15) is 24.8 Å². The predicted octanol–water partition coefficient (Wildman–Crippen LogP) is 2.25. The molecule has 5 heteroatoms. The van der Waals surface area contributed by atoms with Crippen LogP contribution in [0.5, 0.6) is 0 Å². The van der Waals surface area contributed by atoms with E-state index in [-0.39, 0.29) is 4.90 Å². The summed E-state index contributed by atoms with van der Waals surface area (Å²) in [4.78, 5) is 0.262. The molecule has 0 aliphatic carbocycles. The van der Waals surface area contributed by atoms with Crippen molar-refractivity contribution in [2.75, 3.05) is 19.6 Å². The highest BCUT2D eigenvalue weighted by Crippen LogP contribution is 2.35. The van der Waals surface area contributed by atoms with Gasteiger partial charge in [-0.1, -0.05) is 22.0 Å². The summed E-state index contributed by atoms with van der Waals surface area (Å²) in [7, 11) is -3.65. The third-order valence-corrected chi connectivity index (χ3v) is 5.76. The molecule has 19 heavy (non-hydrogen) atoms. The fourth-order valence-electron chi connectivity index (χ4n) is 3.09. The number of aryl methyl sites for hydroxylation is 1. The van der Waals surface area contributed by atoms with Gasteiger partial charge in [-0.25, -0.2) is 0 Å². The summed E-state index contributed by atoms with van der Waals surface area (Å²) in [5.41, 5.74) is 1.05. The zero-order chi connectivity index (χ0) is 13.5. The summed E-state index contributed by atoms with van der Waals surface area (Å²) < 4.78 is 30.6. The van der Waals surface area contributed by atoms with Gasteiger partial charge in [-0.2, -0.15) is 13.1 Å². The van der Waals surface area contributed by atoms with Gasteiger partial charge in [0.25, 0.3) is 0 Å². The number of nitrogens with zero attached hydrogens (tertiary/aromatic N) is 1. The molecule has 104 valence electrons. The van der Waals surface area contributed by atoms with Gasteiger partial charge in [0.2, 0.25) is 0 Å². The van der Waals surface area contributed by atoms with E-state index < -0.39 is 10.1 Å². The number of hydroxylamine groups is 3. The number of piperidine rings is 3. The largest absolute Gasteiger partial charge is 0.342 e. The SMILES string of the molecule is Cc1ccc(S(=O)(=O)O[N+]23CCC(CC2)CC3)cc1. The normalized spacial score (nSPS) is 30.5.